The standard InChI is InChI=1S/C16H21F2N3O2/c1-4-23-9-15(2,3)16(22,8-21-11-19-10-20-21)13-6-5-12(17)7-14(13)18/h5-7,10-11,22H,4,8-9H2,1-3H3. The van der Waals surface area contributed by atoms with Crippen molar-refractivity contribution in [2.24, 2.45) is 5.41 Å². The Morgan fingerprint density at radius 3 is 2.61 bits per heavy atom. The highest BCUT2D eigenvalue weighted by Crippen LogP contribution is 2.42. The van der Waals surface area contributed by atoms with Crippen molar-refractivity contribution in [1.82, 2.24) is 14.8 Å². The lowest BCUT2D eigenvalue weighted by molar-refractivity contribution is -0.123. The van der Waals surface area contributed by atoms with Crippen LogP contribution in [0.3, 0.4) is 0 Å². The monoisotopic (exact) mass is 325 g/mol. The van der Waals surface area contributed by atoms with E-state index in [0.29, 0.717) is 6.61 Å². The van der Waals surface area contributed by atoms with Crippen LogP contribution in [0.1, 0.15) is 26.3 Å². The normalized spacial score (nSPS) is 14.7. The number of aromatic nitrogens is 3. The quantitative estimate of drug-likeness (QED) is 0.850. The van der Waals surface area contributed by atoms with Crippen molar-refractivity contribution in [2.75, 3.05) is 13.2 Å². The molecule has 0 aliphatic heterocycles. The average molecular weight is 325 g/mol. The van der Waals surface area contributed by atoms with Gasteiger partial charge in [0.2, 0.25) is 0 Å². The molecule has 0 saturated heterocycles. The molecule has 5 nitrogen and oxygen atoms in total. The van der Waals surface area contributed by atoms with E-state index in [1.54, 1.807) is 13.8 Å². The van der Waals surface area contributed by atoms with Crippen LogP contribution in [-0.4, -0.2) is 33.1 Å². The molecule has 1 aromatic carbocycles. The number of ether oxygens (including phenoxy) is 1. The Kier molecular flexibility index (Phi) is 5.11. The third-order valence-electron chi connectivity index (χ3n) is 4.02. The highest BCUT2D eigenvalue weighted by molar-refractivity contribution is 5.27. The zero-order valence-electron chi connectivity index (χ0n) is 13.5. The molecule has 2 rings (SSSR count). The molecular formula is C16H21F2N3O2. The van der Waals surface area contributed by atoms with Gasteiger partial charge in [-0.05, 0) is 13.0 Å². The fourth-order valence-corrected chi connectivity index (χ4v) is 2.51. The zero-order chi connectivity index (χ0) is 17.1. The van der Waals surface area contributed by atoms with Crippen molar-refractivity contribution >= 4 is 0 Å². The van der Waals surface area contributed by atoms with E-state index >= 15 is 0 Å². The van der Waals surface area contributed by atoms with Gasteiger partial charge in [-0.1, -0.05) is 19.9 Å². The number of halogens is 2. The molecule has 0 fully saturated rings. The van der Waals surface area contributed by atoms with Crippen LogP contribution in [0.25, 0.3) is 0 Å². The SMILES string of the molecule is CCOCC(C)(C)C(O)(Cn1cncn1)c1ccc(F)cc1F. The smallest absolute Gasteiger partial charge is 0.137 e. The Bertz CT molecular complexity index is 647. The summed E-state index contributed by atoms with van der Waals surface area (Å²) in [6, 6.07) is 3.15. The molecule has 1 unspecified atom stereocenters. The highest BCUT2D eigenvalue weighted by atomic mass is 19.1. The summed E-state index contributed by atoms with van der Waals surface area (Å²) in [5.41, 5.74) is -2.51. The molecule has 0 aliphatic rings. The van der Waals surface area contributed by atoms with E-state index in [9.17, 15) is 13.9 Å². The summed E-state index contributed by atoms with van der Waals surface area (Å²) in [5, 5.41) is 15.3. The highest BCUT2D eigenvalue weighted by Gasteiger charge is 2.47. The summed E-state index contributed by atoms with van der Waals surface area (Å²) < 4.78 is 34.4. The van der Waals surface area contributed by atoms with Crippen LogP contribution >= 0.6 is 0 Å². The molecule has 126 valence electrons. The number of hydrogen-bond donors (Lipinski definition) is 1. The number of benzene rings is 1. The van der Waals surface area contributed by atoms with E-state index in [-0.39, 0.29) is 18.7 Å². The molecule has 2 aromatic rings. The van der Waals surface area contributed by atoms with E-state index in [2.05, 4.69) is 10.1 Å². The first-order valence-electron chi connectivity index (χ1n) is 7.38. The van der Waals surface area contributed by atoms with Crippen molar-refractivity contribution < 1.29 is 18.6 Å². The zero-order valence-corrected chi connectivity index (χ0v) is 13.5. The second-order valence-electron chi connectivity index (χ2n) is 6.10. The summed E-state index contributed by atoms with van der Waals surface area (Å²) >= 11 is 0. The number of hydrogen-bond acceptors (Lipinski definition) is 4. The molecule has 0 bridgehead atoms. The molecule has 0 radical (unpaired) electrons. The lowest BCUT2D eigenvalue weighted by Gasteiger charge is -2.42. The van der Waals surface area contributed by atoms with Crippen LogP contribution in [0, 0.1) is 17.0 Å². The summed E-state index contributed by atoms with van der Waals surface area (Å²) in [7, 11) is 0. The predicted octanol–water partition coefficient (Wildman–Crippen LogP) is 2.51. The molecule has 0 spiro atoms. The molecule has 1 heterocycles. The average Bonchev–Trinajstić information content (AvgIpc) is 2.97. The number of aliphatic hydroxyl groups is 1. The van der Waals surface area contributed by atoms with Gasteiger partial charge in [0.15, 0.2) is 0 Å². The Hall–Kier alpha value is -1.86. The maximum absolute atomic E-state index is 14.3. The molecule has 1 N–H and O–H groups in total. The largest absolute Gasteiger partial charge is 0.382 e. The van der Waals surface area contributed by atoms with Crippen LogP contribution in [0.2, 0.25) is 0 Å². The van der Waals surface area contributed by atoms with Crippen LogP contribution in [0.15, 0.2) is 30.9 Å². The van der Waals surface area contributed by atoms with Crippen LogP contribution in [0.4, 0.5) is 8.78 Å². The van der Waals surface area contributed by atoms with E-state index in [1.165, 1.54) is 23.4 Å². The molecule has 0 aliphatic carbocycles. The van der Waals surface area contributed by atoms with Gasteiger partial charge in [0, 0.05) is 23.7 Å². The topological polar surface area (TPSA) is 60.2 Å². The van der Waals surface area contributed by atoms with Crippen molar-refractivity contribution in [1.29, 1.82) is 0 Å². The molecule has 0 saturated carbocycles. The minimum absolute atomic E-state index is 0.000830. The van der Waals surface area contributed by atoms with E-state index in [1.807, 2.05) is 6.92 Å². The van der Waals surface area contributed by atoms with Gasteiger partial charge in [-0.3, -0.25) is 0 Å². The second-order valence-corrected chi connectivity index (χ2v) is 6.10. The summed E-state index contributed by atoms with van der Waals surface area (Å²) in [5.74, 6) is -1.51. The Morgan fingerprint density at radius 1 is 1.30 bits per heavy atom. The van der Waals surface area contributed by atoms with Crippen LogP contribution < -0.4 is 0 Å². The molecule has 23 heavy (non-hydrogen) atoms. The van der Waals surface area contributed by atoms with Gasteiger partial charge in [0.05, 0.1) is 13.2 Å². The lowest BCUT2D eigenvalue weighted by atomic mass is 9.71. The van der Waals surface area contributed by atoms with Gasteiger partial charge in [-0.15, -0.1) is 0 Å². The first kappa shape index (κ1) is 17.5. The lowest BCUT2D eigenvalue weighted by Crippen LogP contribution is -2.48. The van der Waals surface area contributed by atoms with Crippen molar-refractivity contribution in [3.8, 4) is 0 Å². The fraction of sp³-hybridized carbons (Fsp3) is 0.500. The summed E-state index contributed by atoms with van der Waals surface area (Å²) in [4.78, 5) is 3.84. The summed E-state index contributed by atoms with van der Waals surface area (Å²) in [6.45, 7) is 6.01. The third kappa shape index (κ3) is 3.56. The predicted molar refractivity (Wildman–Crippen MR) is 80.6 cm³/mol. The van der Waals surface area contributed by atoms with Gasteiger partial charge in [0.25, 0.3) is 0 Å². The molecule has 1 aromatic heterocycles. The molecule has 0 amide bonds. The number of rotatable bonds is 7. The fourth-order valence-electron chi connectivity index (χ4n) is 2.51. The second kappa shape index (κ2) is 6.72. The molecule has 7 heteroatoms. The Morgan fingerprint density at radius 2 is 2.04 bits per heavy atom. The van der Waals surface area contributed by atoms with Gasteiger partial charge in [-0.2, -0.15) is 5.10 Å². The first-order chi connectivity index (χ1) is 10.8. The maximum atomic E-state index is 14.3. The minimum Gasteiger partial charge on any atom is -0.382 e. The molecule has 1 atom stereocenters. The minimum atomic E-state index is -1.66. The first-order valence-corrected chi connectivity index (χ1v) is 7.38. The number of nitrogens with zero attached hydrogens (tertiary/aromatic N) is 3. The van der Waals surface area contributed by atoms with E-state index in [4.69, 9.17) is 4.74 Å². The van der Waals surface area contributed by atoms with Crippen molar-refractivity contribution in [3.63, 3.8) is 0 Å². The van der Waals surface area contributed by atoms with E-state index in [0.717, 1.165) is 12.1 Å². The maximum Gasteiger partial charge on any atom is 0.137 e. The van der Waals surface area contributed by atoms with Gasteiger partial charge in [-0.25, -0.2) is 18.4 Å². The van der Waals surface area contributed by atoms with Gasteiger partial charge >= 0.3 is 0 Å². The van der Waals surface area contributed by atoms with Crippen molar-refractivity contribution in [2.45, 2.75) is 32.9 Å². The van der Waals surface area contributed by atoms with Crippen LogP contribution in [-0.2, 0) is 16.9 Å². The Labute approximate surface area is 133 Å². The van der Waals surface area contributed by atoms with Crippen LogP contribution in [0.5, 0.6) is 0 Å². The van der Waals surface area contributed by atoms with Gasteiger partial charge in [0.1, 0.15) is 29.9 Å². The van der Waals surface area contributed by atoms with Gasteiger partial charge < -0.3 is 9.84 Å². The summed E-state index contributed by atoms with van der Waals surface area (Å²) in [6.07, 6.45) is 2.76. The van der Waals surface area contributed by atoms with E-state index < -0.39 is 22.7 Å². The third-order valence-corrected chi connectivity index (χ3v) is 4.02. The van der Waals surface area contributed by atoms with Crippen molar-refractivity contribution in [3.05, 3.63) is 48.1 Å². The Balaban J connectivity index is 2.49. The molecular weight excluding hydrogens is 304 g/mol.